The predicted molar refractivity (Wildman–Crippen MR) is 130 cm³/mol. The molecule has 2 fully saturated rings. The van der Waals surface area contributed by atoms with E-state index in [4.69, 9.17) is 16.3 Å². The fraction of sp³-hybridized carbons (Fsp3) is 0.480. The number of nitrogens with zero attached hydrogens (tertiary/aromatic N) is 2. The van der Waals surface area contributed by atoms with E-state index in [1.807, 2.05) is 12.1 Å². The number of carbonyl (C=O) groups is 1. The molecular formula is C25H29ClN2O3S. The monoisotopic (exact) mass is 472 g/mol. The second-order valence-electron chi connectivity index (χ2n) is 9.06. The summed E-state index contributed by atoms with van der Waals surface area (Å²) in [5.41, 5.74) is 5.89. The van der Waals surface area contributed by atoms with Crippen molar-refractivity contribution in [3.05, 3.63) is 40.4 Å². The second-order valence-corrected chi connectivity index (χ2v) is 10.5. The van der Waals surface area contributed by atoms with Crippen LogP contribution in [-0.2, 0) is 13.6 Å². The molecule has 2 aliphatic rings. The zero-order valence-corrected chi connectivity index (χ0v) is 20.0. The minimum absolute atomic E-state index is 0.481. The van der Waals surface area contributed by atoms with Crippen molar-refractivity contribution < 1.29 is 14.6 Å². The first-order valence-electron chi connectivity index (χ1n) is 11.6. The van der Waals surface area contributed by atoms with Crippen LogP contribution in [0.1, 0.15) is 62.0 Å². The Bertz CT molecular complexity index is 1120. The van der Waals surface area contributed by atoms with E-state index >= 15 is 0 Å². The maximum Gasteiger partial charge on any atom is 0.512 e. The number of thiophene rings is 1. The van der Waals surface area contributed by atoms with E-state index in [-0.39, 0.29) is 0 Å². The van der Waals surface area contributed by atoms with Crippen molar-refractivity contribution in [3.8, 4) is 16.3 Å². The molecule has 2 aromatic heterocycles. The van der Waals surface area contributed by atoms with Crippen LogP contribution in [0.3, 0.4) is 0 Å². The number of aryl methyl sites for hydroxylation is 1. The van der Waals surface area contributed by atoms with Crippen molar-refractivity contribution in [1.29, 1.82) is 0 Å². The van der Waals surface area contributed by atoms with Crippen LogP contribution < -0.4 is 4.74 Å². The molecule has 32 heavy (non-hydrogen) atoms. The standard InChI is InChI=1S/C25H29ClN2O3S/c1-27-21(17-9-11-18(26)12-10-17)20(16-7-3-2-4-8-16)23-22(27)19(15-28-13-5-6-14-28)24(32-23)31-25(29)30/h9-12,16H,2-8,13-15H2,1H3,(H,29,30). The first-order chi connectivity index (χ1) is 15.5. The third-order valence-corrected chi connectivity index (χ3v) is 8.39. The lowest BCUT2D eigenvalue weighted by atomic mass is 9.83. The zero-order valence-electron chi connectivity index (χ0n) is 18.4. The third kappa shape index (κ3) is 4.04. The van der Waals surface area contributed by atoms with E-state index in [2.05, 4.69) is 28.6 Å². The number of aromatic nitrogens is 1. The predicted octanol–water partition coefficient (Wildman–Crippen LogP) is 7.26. The van der Waals surface area contributed by atoms with Gasteiger partial charge in [-0.15, -0.1) is 0 Å². The zero-order chi connectivity index (χ0) is 22.2. The number of carboxylic acid groups (broad SMARTS) is 1. The van der Waals surface area contributed by atoms with Gasteiger partial charge in [0.2, 0.25) is 0 Å². The Balaban J connectivity index is 1.72. The summed E-state index contributed by atoms with van der Waals surface area (Å²) in [7, 11) is 2.11. The van der Waals surface area contributed by atoms with Gasteiger partial charge in [-0.3, -0.25) is 4.90 Å². The second kappa shape index (κ2) is 9.08. The summed E-state index contributed by atoms with van der Waals surface area (Å²) in [6.07, 6.45) is 7.27. The van der Waals surface area contributed by atoms with Crippen molar-refractivity contribution >= 4 is 39.3 Å². The molecule has 7 heteroatoms. The number of halogens is 1. The number of likely N-dealkylation sites (tertiary alicyclic amines) is 1. The van der Waals surface area contributed by atoms with Gasteiger partial charge < -0.3 is 14.4 Å². The molecule has 0 bridgehead atoms. The van der Waals surface area contributed by atoms with Crippen LogP contribution in [0.5, 0.6) is 5.06 Å². The molecule has 3 heterocycles. The van der Waals surface area contributed by atoms with Gasteiger partial charge in [0, 0.05) is 24.2 Å². The van der Waals surface area contributed by atoms with Crippen LogP contribution in [0.25, 0.3) is 21.5 Å². The van der Waals surface area contributed by atoms with Crippen molar-refractivity contribution in [2.75, 3.05) is 13.1 Å². The lowest BCUT2D eigenvalue weighted by Crippen LogP contribution is -2.19. The van der Waals surface area contributed by atoms with E-state index in [0.717, 1.165) is 41.3 Å². The van der Waals surface area contributed by atoms with Crippen molar-refractivity contribution in [1.82, 2.24) is 9.47 Å². The molecule has 1 saturated heterocycles. The topological polar surface area (TPSA) is 54.7 Å². The van der Waals surface area contributed by atoms with Crippen LogP contribution in [0.2, 0.25) is 5.02 Å². The smallest absolute Gasteiger partial charge is 0.449 e. The molecule has 170 valence electrons. The highest BCUT2D eigenvalue weighted by Crippen LogP contribution is 2.50. The van der Waals surface area contributed by atoms with Gasteiger partial charge in [-0.25, -0.2) is 4.79 Å². The molecule has 0 atom stereocenters. The Kier molecular flexibility index (Phi) is 6.19. The molecule has 1 aromatic carbocycles. The molecule has 0 radical (unpaired) electrons. The van der Waals surface area contributed by atoms with Gasteiger partial charge in [-0.1, -0.05) is 54.3 Å². The minimum atomic E-state index is -1.24. The molecule has 0 spiro atoms. The maximum absolute atomic E-state index is 11.5. The van der Waals surface area contributed by atoms with E-state index in [1.54, 1.807) is 0 Å². The van der Waals surface area contributed by atoms with Gasteiger partial charge in [-0.05, 0) is 68.0 Å². The van der Waals surface area contributed by atoms with Crippen LogP contribution in [0, 0.1) is 0 Å². The molecule has 0 unspecified atom stereocenters. The molecule has 1 aliphatic heterocycles. The third-order valence-electron chi connectivity index (χ3n) is 7.00. The van der Waals surface area contributed by atoms with Crippen LogP contribution in [0.4, 0.5) is 4.79 Å². The van der Waals surface area contributed by atoms with Crippen LogP contribution in [0.15, 0.2) is 24.3 Å². The summed E-state index contributed by atoms with van der Waals surface area (Å²) >= 11 is 7.70. The lowest BCUT2D eigenvalue weighted by molar-refractivity contribution is 0.145. The number of hydrogen-bond acceptors (Lipinski definition) is 4. The molecular weight excluding hydrogens is 444 g/mol. The van der Waals surface area contributed by atoms with E-state index < -0.39 is 6.16 Å². The summed E-state index contributed by atoms with van der Waals surface area (Å²) in [6.45, 7) is 2.83. The number of fused-ring (bicyclic) bond motifs is 1. The lowest BCUT2D eigenvalue weighted by Gasteiger charge is -2.23. The van der Waals surface area contributed by atoms with Crippen molar-refractivity contribution in [3.63, 3.8) is 0 Å². The van der Waals surface area contributed by atoms with Crippen LogP contribution in [-0.4, -0.2) is 33.8 Å². The fourth-order valence-electron chi connectivity index (χ4n) is 5.57. The Morgan fingerprint density at radius 3 is 2.47 bits per heavy atom. The average molecular weight is 473 g/mol. The largest absolute Gasteiger partial charge is 0.512 e. The van der Waals surface area contributed by atoms with Gasteiger partial charge in [0.25, 0.3) is 0 Å². The quantitative estimate of drug-likeness (QED) is 0.397. The Hall–Kier alpha value is -2.02. The van der Waals surface area contributed by atoms with E-state index in [9.17, 15) is 9.90 Å². The fourth-order valence-corrected chi connectivity index (χ4v) is 7.00. The summed E-state index contributed by atoms with van der Waals surface area (Å²) < 4.78 is 8.80. The summed E-state index contributed by atoms with van der Waals surface area (Å²) in [5.74, 6) is 0.481. The van der Waals surface area contributed by atoms with Gasteiger partial charge in [0.15, 0.2) is 5.06 Å². The van der Waals surface area contributed by atoms with E-state index in [0.29, 0.717) is 11.0 Å². The number of rotatable bonds is 5. The molecule has 1 saturated carbocycles. The summed E-state index contributed by atoms with van der Waals surface area (Å²) in [5, 5.41) is 10.7. The van der Waals surface area contributed by atoms with Gasteiger partial charge in [0.05, 0.1) is 15.9 Å². The van der Waals surface area contributed by atoms with Crippen LogP contribution >= 0.6 is 22.9 Å². The van der Waals surface area contributed by atoms with Crippen molar-refractivity contribution in [2.45, 2.75) is 57.4 Å². The van der Waals surface area contributed by atoms with E-state index in [1.165, 1.54) is 72.2 Å². The highest BCUT2D eigenvalue weighted by molar-refractivity contribution is 7.21. The van der Waals surface area contributed by atoms with Gasteiger partial charge in [0.1, 0.15) is 0 Å². The van der Waals surface area contributed by atoms with Crippen molar-refractivity contribution in [2.24, 2.45) is 7.05 Å². The Morgan fingerprint density at radius 1 is 1.12 bits per heavy atom. The highest BCUT2D eigenvalue weighted by atomic mass is 35.5. The number of ether oxygens (including phenoxy) is 1. The Labute approximate surface area is 197 Å². The molecule has 5 nitrogen and oxygen atoms in total. The first-order valence-corrected chi connectivity index (χ1v) is 12.8. The minimum Gasteiger partial charge on any atom is -0.449 e. The molecule has 5 rings (SSSR count). The molecule has 1 N–H and O–H groups in total. The first kappa shape index (κ1) is 21.8. The van der Waals surface area contributed by atoms with Gasteiger partial charge in [-0.2, -0.15) is 0 Å². The molecule has 1 aliphatic carbocycles. The van der Waals surface area contributed by atoms with Gasteiger partial charge >= 0.3 is 6.16 Å². The summed E-state index contributed by atoms with van der Waals surface area (Å²) in [6, 6.07) is 8.10. The molecule has 3 aromatic rings. The number of hydrogen-bond donors (Lipinski definition) is 1. The molecule has 0 amide bonds. The maximum atomic E-state index is 11.5. The summed E-state index contributed by atoms with van der Waals surface area (Å²) in [4.78, 5) is 13.9. The average Bonchev–Trinajstić information content (AvgIpc) is 3.47. The number of benzene rings is 1. The highest BCUT2D eigenvalue weighted by Gasteiger charge is 2.31. The normalized spacial score (nSPS) is 17.9. The Morgan fingerprint density at radius 2 is 1.81 bits per heavy atom. The SMILES string of the molecule is Cn1c(-c2ccc(Cl)cc2)c(C2CCCCC2)c2sc(OC(=O)O)c(CN3CCCC3)c21.